The second kappa shape index (κ2) is 5.64. The molecule has 0 unspecified atom stereocenters. The van der Waals surface area contributed by atoms with E-state index in [9.17, 15) is 4.79 Å². The van der Waals surface area contributed by atoms with Crippen LogP contribution in [0, 0.1) is 0 Å². The molecule has 0 heterocycles. The topological polar surface area (TPSA) is 38.3 Å². The molecule has 0 aliphatic heterocycles. The van der Waals surface area contributed by atoms with Crippen LogP contribution in [0.5, 0.6) is 0 Å². The Morgan fingerprint density at radius 1 is 1.38 bits per heavy atom. The molecule has 0 aliphatic rings. The molecule has 0 amide bonds. The van der Waals surface area contributed by atoms with Gasteiger partial charge in [-0.25, -0.2) is 4.79 Å². The van der Waals surface area contributed by atoms with Gasteiger partial charge in [0.2, 0.25) is 0 Å². The summed E-state index contributed by atoms with van der Waals surface area (Å²) in [6.07, 6.45) is 0. The first kappa shape index (κ1) is 15.4. The van der Waals surface area contributed by atoms with Crippen LogP contribution in [-0.4, -0.2) is 27.4 Å². The second-order valence-corrected chi connectivity index (χ2v) is 10.8. The third kappa shape index (κ3) is 4.94. The fraction of sp³-hybridized carbons (Fsp3) is 0.750. The van der Waals surface area contributed by atoms with E-state index in [-0.39, 0.29) is 5.97 Å². The van der Waals surface area contributed by atoms with Crippen molar-refractivity contribution in [1.82, 2.24) is 4.98 Å². The van der Waals surface area contributed by atoms with Crippen molar-refractivity contribution in [3.63, 3.8) is 0 Å². The summed E-state index contributed by atoms with van der Waals surface area (Å²) in [5, 5.41) is 0.297. The van der Waals surface area contributed by atoms with Crippen molar-refractivity contribution in [2.75, 3.05) is 13.2 Å². The van der Waals surface area contributed by atoms with E-state index in [2.05, 4.69) is 45.4 Å². The van der Waals surface area contributed by atoms with E-state index < -0.39 is 8.24 Å². The molecule has 0 aromatic carbocycles. The van der Waals surface area contributed by atoms with Crippen molar-refractivity contribution in [2.24, 2.45) is 0 Å². The number of rotatable bonds is 5. The highest BCUT2D eigenvalue weighted by Crippen LogP contribution is 2.33. The predicted octanol–water partition coefficient (Wildman–Crippen LogP) is 2.70. The molecular formula is C12H25NO2Si. The van der Waals surface area contributed by atoms with Crippen molar-refractivity contribution < 1.29 is 9.53 Å². The maximum absolute atomic E-state index is 11.1. The molecule has 0 spiro atoms. The third-order valence-corrected chi connectivity index (χ3v) is 8.01. The molecule has 0 atom stereocenters. The van der Waals surface area contributed by atoms with E-state index in [1.807, 2.05) is 0 Å². The maximum Gasteiger partial charge on any atom is 0.333 e. The molecule has 4 heteroatoms. The Kier molecular flexibility index (Phi) is 5.42. The molecule has 0 bridgehead atoms. The number of carbonyl (C=O) groups is 1. The lowest BCUT2D eigenvalue weighted by Gasteiger charge is -2.37. The Bertz CT molecular complexity index is 267. The number of hydrogen-bond acceptors (Lipinski definition) is 3. The number of esters is 1. The van der Waals surface area contributed by atoms with Crippen LogP contribution in [0.1, 0.15) is 27.7 Å². The van der Waals surface area contributed by atoms with Crippen molar-refractivity contribution in [1.29, 1.82) is 0 Å². The average Bonchev–Trinajstić information content (AvgIpc) is 2.09. The van der Waals surface area contributed by atoms with E-state index in [1.54, 1.807) is 6.92 Å². The summed E-state index contributed by atoms with van der Waals surface area (Å²) in [5.41, 5.74) is 0.451. The highest BCUT2D eigenvalue weighted by molar-refractivity contribution is 6.77. The van der Waals surface area contributed by atoms with Crippen LogP contribution in [0.25, 0.3) is 0 Å². The molecular weight excluding hydrogens is 218 g/mol. The SMILES string of the molecule is C=C(C)C(=O)OCCN[Si](C)(C)C(C)(C)C. The predicted molar refractivity (Wildman–Crippen MR) is 71.0 cm³/mol. The largest absolute Gasteiger partial charge is 0.461 e. The van der Waals surface area contributed by atoms with E-state index >= 15 is 0 Å². The maximum atomic E-state index is 11.1. The van der Waals surface area contributed by atoms with Gasteiger partial charge in [-0.15, -0.1) is 0 Å². The third-order valence-electron chi connectivity index (χ3n) is 3.13. The quantitative estimate of drug-likeness (QED) is 0.349. The van der Waals surface area contributed by atoms with Gasteiger partial charge in [-0.3, -0.25) is 0 Å². The van der Waals surface area contributed by atoms with Gasteiger partial charge in [-0.1, -0.05) is 40.4 Å². The van der Waals surface area contributed by atoms with Gasteiger partial charge in [0.1, 0.15) is 14.8 Å². The van der Waals surface area contributed by atoms with Gasteiger partial charge in [0, 0.05) is 12.1 Å². The minimum Gasteiger partial charge on any atom is -0.461 e. The minimum atomic E-state index is -1.47. The lowest BCUT2D eigenvalue weighted by molar-refractivity contribution is -0.138. The summed E-state index contributed by atoms with van der Waals surface area (Å²) in [4.78, 5) is 14.7. The number of nitrogens with one attached hydrogen (secondary N) is 1. The van der Waals surface area contributed by atoms with E-state index in [0.717, 1.165) is 6.54 Å². The smallest absolute Gasteiger partial charge is 0.333 e. The molecule has 0 aliphatic carbocycles. The highest BCUT2D eigenvalue weighted by atomic mass is 28.3. The fourth-order valence-corrected chi connectivity index (χ4v) is 2.15. The van der Waals surface area contributed by atoms with Crippen LogP contribution in [-0.2, 0) is 9.53 Å². The molecule has 0 saturated carbocycles. The van der Waals surface area contributed by atoms with Gasteiger partial charge in [-0.2, -0.15) is 0 Å². The Hall–Kier alpha value is -0.613. The monoisotopic (exact) mass is 243 g/mol. The molecule has 94 valence electrons. The Morgan fingerprint density at radius 2 is 1.88 bits per heavy atom. The first-order valence-corrected chi connectivity index (χ1v) is 8.65. The van der Waals surface area contributed by atoms with Gasteiger partial charge in [0.25, 0.3) is 0 Å². The summed E-state index contributed by atoms with van der Waals surface area (Å²) in [6.45, 7) is 17.6. The Balaban J connectivity index is 3.92. The molecule has 1 N–H and O–H groups in total. The van der Waals surface area contributed by atoms with Gasteiger partial charge in [0.05, 0.1) is 0 Å². The number of hydrogen-bond donors (Lipinski definition) is 1. The molecule has 0 saturated heterocycles. The second-order valence-electron chi connectivity index (χ2n) is 5.72. The van der Waals surface area contributed by atoms with Gasteiger partial charge >= 0.3 is 5.97 Å². The van der Waals surface area contributed by atoms with E-state index in [0.29, 0.717) is 17.2 Å². The van der Waals surface area contributed by atoms with E-state index in [4.69, 9.17) is 4.74 Å². The van der Waals surface area contributed by atoms with Gasteiger partial charge < -0.3 is 9.72 Å². The standard InChI is InChI=1S/C12H25NO2Si/c1-10(2)11(14)15-9-8-13-16(6,7)12(3,4)5/h13H,1,8-9H2,2-7H3. The Labute approximate surface area is 100 Å². The molecule has 0 rings (SSSR count). The van der Waals surface area contributed by atoms with Crippen LogP contribution in [0.2, 0.25) is 18.1 Å². The first-order chi connectivity index (χ1) is 7.08. The molecule has 16 heavy (non-hydrogen) atoms. The molecule has 0 aromatic rings. The lowest BCUT2D eigenvalue weighted by Crippen LogP contribution is -2.53. The minimum absolute atomic E-state index is 0.297. The van der Waals surface area contributed by atoms with Crippen molar-refractivity contribution >= 4 is 14.2 Å². The van der Waals surface area contributed by atoms with Crippen LogP contribution in [0.4, 0.5) is 0 Å². The van der Waals surface area contributed by atoms with Gasteiger partial charge in [-0.05, 0) is 12.0 Å². The summed E-state index contributed by atoms with van der Waals surface area (Å²) in [5.74, 6) is -0.308. The molecule has 0 fully saturated rings. The zero-order valence-corrected chi connectivity index (χ0v) is 12.4. The van der Waals surface area contributed by atoms with E-state index in [1.165, 1.54) is 0 Å². The zero-order chi connectivity index (χ0) is 13.0. The number of carbonyl (C=O) groups excluding carboxylic acids is 1. The summed E-state index contributed by atoms with van der Waals surface area (Å²) in [6, 6.07) is 0. The highest BCUT2D eigenvalue weighted by Gasteiger charge is 2.34. The molecule has 0 aromatic heterocycles. The zero-order valence-electron chi connectivity index (χ0n) is 11.4. The lowest BCUT2D eigenvalue weighted by atomic mass is 10.2. The fourth-order valence-electron chi connectivity index (χ4n) is 0.896. The first-order valence-electron chi connectivity index (χ1n) is 5.65. The molecule has 0 radical (unpaired) electrons. The van der Waals surface area contributed by atoms with Crippen LogP contribution < -0.4 is 4.98 Å². The number of ether oxygens (including phenoxy) is 1. The van der Waals surface area contributed by atoms with Crippen LogP contribution in [0.3, 0.4) is 0 Å². The Morgan fingerprint density at radius 3 is 2.25 bits per heavy atom. The van der Waals surface area contributed by atoms with Crippen LogP contribution >= 0.6 is 0 Å². The van der Waals surface area contributed by atoms with Crippen molar-refractivity contribution in [3.8, 4) is 0 Å². The summed E-state index contributed by atoms with van der Waals surface area (Å²) >= 11 is 0. The molecule has 3 nitrogen and oxygen atoms in total. The van der Waals surface area contributed by atoms with Gasteiger partial charge in [0.15, 0.2) is 0 Å². The van der Waals surface area contributed by atoms with Crippen LogP contribution in [0.15, 0.2) is 12.2 Å². The summed E-state index contributed by atoms with van der Waals surface area (Å²) < 4.78 is 5.03. The normalized spacial score (nSPS) is 12.4. The summed E-state index contributed by atoms with van der Waals surface area (Å²) in [7, 11) is -1.47. The average molecular weight is 243 g/mol. The van der Waals surface area contributed by atoms with Crippen molar-refractivity contribution in [2.45, 2.75) is 45.8 Å². The van der Waals surface area contributed by atoms with Crippen molar-refractivity contribution in [3.05, 3.63) is 12.2 Å².